The van der Waals surface area contributed by atoms with Gasteiger partial charge in [-0.25, -0.2) is 9.97 Å². The van der Waals surface area contributed by atoms with Crippen LogP contribution in [0.5, 0.6) is 0 Å². The van der Waals surface area contributed by atoms with Gasteiger partial charge in [0.25, 0.3) is 5.91 Å². The maximum Gasteiger partial charge on any atom is 0.251 e. The van der Waals surface area contributed by atoms with E-state index >= 15 is 0 Å². The van der Waals surface area contributed by atoms with Crippen molar-refractivity contribution < 1.29 is 4.79 Å². The largest absolute Gasteiger partial charge is 0.355 e. The van der Waals surface area contributed by atoms with E-state index in [1.54, 1.807) is 19.2 Å². The van der Waals surface area contributed by atoms with Crippen molar-refractivity contribution in [3.05, 3.63) is 36.2 Å². The Kier molecular flexibility index (Phi) is 3.92. The van der Waals surface area contributed by atoms with Crippen molar-refractivity contribution in [2.24, 2.45) is 0 Å². The van der Waals surface area contributed by atoms with Crippen molar-refractivity contribution in [1.82, 2.24) is 25.5 Å². The van der Waals surface area contributed by atoms with E-state index in [0.717, 1.165) is 16.1 Å². The van der Waals surface area contributed by atoms with E-state index in [4.69, 9.17) is 0 Å². The minimum Gasteiger partial charge on any atom is -0.355 e. The average Bonchev–Trinajstić information content (AvgIpc) is 2.99. The van der Waals surface area contributed by atoms with Gasteiger partial charge in [-0.3, -0.25) is 9.89 Å². The number of amides is 1. The van der Waals surface area contributed by atoms with Crippen LogP contribution in [-0.4, -0.2) is 39.4 Å². The molecule has 0 fully saturated rings. The molecule has 2 heterocycles. The average molecular weight is 314 g/mol. The molecule has 0 aliphatic carbocycles. The lowest BCUT2D eigenvalue weighted by atomic mass is 10.2. The number of thioether (sulfide) groups is 1. The maximum absolute atomic E-state index is 11.5. The first kappa shape index (κ1) is 14.3. The predicted octanol–water partition coefficient (Wildman–Crippen LogP) is 2.18. The zero-order valence-electron chi connectivity index (χ0n) is 12.0. The fraction of sp³-hybridized carbons (Fsp3) is 0.143. The lowest BCUT2D eigenvalue weighted by molar-refractivity contribution is 0.0963. The van der Waals surface area contributed by atoms with Crippen LogP contribution in [0.1, 0.15) is 10.4 Å². The molecule has 0 bridgehead atoms. The molecule has 0 aliphatic rings. The normalized spacial score (nSPS) is 10.6. The van der Waals surface area contributed by atoms with Crippen LogP contribution in [0.15, 0.2) is 35.6 Å². The number of carbonyl (C=O) groups is 1. The summed E-state index contributed by atoms with van der Waals surface area (Å²) in [6.45, 7) is 0. The van der Waals surface area contributed by atoms with Crippen LogP contribution in [0, 0.1) is 0 Å². The van der Waals surface area contributed by atoms with Gasteiger partial charge in [0.1, 0.15) is 17.2 Å². The molecule has 0 unspecified atom stereocenters. The van der Waals surface area contributed by atoms with Crippen LogP contribution in [-0.2, 0) is 0 Å². The quantitative estimate of drug-likeness (QED) is 0.639. The molecular weight excluding hydrogens is 300 g/mol. The number of carbonyl (C=O) groups excluding carboxylic acids is 1. The Bertz CT molecular complexity index is 814. The van der Waals surface area contributed by atoms with Crippen LogP contribution < -0.4 is 10.6 Å². The van der Waals surface area contributed by atoms with Gasteiger partial charge in [-0.05, 0) is 30.5 Å². The van der Waals surface area contributed by atoms with E-state index < -0.39 is 0 Å². The first-order valence-corrected chi connectivity index (χ1v) is 7.77. The standard InChI is InChI=1S/C14H14N6OS/c1-15-13(21)8-3-5-9(6-4-8)18-11-10-12(17-7-16-11)19-20-14(10)22-2/h3-7H,1-2H3,(H,15,21)(H2,16,17,18,19,20). The summed E-state index contributed by atoms with van der Waals surface area (Å²) in [6.07, 6.45) is 3.43. The second kappa shape index (κ2) is 6.02. The molecule has 0 atom stereocenters. The van der Waals surface area contributed by atoms with E-state index in [0.29, 0.717) is 17.0 Å². The van der Waals surface area contributed by atoms with Crippen LogP contribution >= 0.6 is 11.8 Å². The highest BCUT2D eigenvalue weighted by Crippen LogP contribution is 2.29. The third kappa shape index (κ3) is 2.60. The van der Waals surface area contributed by atoms with Crippen molar-refractivity contribution >= 4 is 40.2 Å². The molecule has 3 rings (SSSR count). The van der Waals surface area contributed by atoms with Crippen molar-refractivity contribution in [2.75, 3.05) is 18.6 Å². The van der Waals surface area contributed by atoms with E-state index in [1.807, 2.05) is 18.4 Å². The van der Waals surface area contributed by atoms with Crippen LogP contribution in [0.4, 0.5) is 11.5 Å². The van der Waals surface area contributed by atoms with Gasteiger partial charge in [0.15, 0.2) is 5.65 Å². The summed E-state index contributed by atoms with van der Waals surface area (Å²) < 4.78 is 0. The molecule has 3 aromatic rings. The Morgan fingerprint density at radius 1 is 1.23 bits per heavy atom. The van der Waals surface area contributed by atoms with Crippen LogP contribution in [0.25, 0.3) is 11.0 Å². The number of rotatable bonds is 4. The Balaban J connectivity index is 1.93. The van der Waals surface area contributed by atoms with E-state index in [2.05, 4.69) is 30.8 Å². The van der Waals surface area contributed by atoms with Gasteiger partial charge < -0.3 is 10.6 Å². The van der Waals surface area contributed by atoms with Crippen LogP contribution in [0.3, 0.4) is 0 Å². The number of aromatic nitrogens is 4. The van der Waals surface area contributed by atoms with E-state index in [-0.39, 0.29) is 5.91 Å². The van der Waals surface area contributed by atoms with Gasteiger partial charge >= 0.3 is 0 Å². The highest BCUT2D eigenvalue weighted by atomic mass is 32.2. The number of anilines is 2. The molecule has 7 nitrogen and oxygen atoms in total. The molecule has 1 aromatic carbocycles. The van der Waals surface area contributed by atoms with Gasteiger partial charge in [-0.15, -0.1) is 11.8 Å². The molecule has 1 amide bonds. The van der Waals surface area contributed by atoms with Gasteiger partial charge in [-0.2, -0.15) is 5.10 Å². The van der Waals surface area contributed by atoms with Crippen LogP contribution in [0.2, 0.25) is 0 Å². The molecular formula is C14H14N6OS. The second-order valence-electron chi connectivity index (χ2n) is 4.46. The summed E-state index contributed by atoms with van der Waals surface area (Å²) in [6, 6.07) is 7.17. The van der Waals surface area contributed by atoms with Crippen molar-refractivity contribution in [1.29, 1.82) is 0 Å². The van der Waals surface area contributed by atoms with Crippen molar-refractivity contribution in [3.63, 3.8) is 0 Å². The molecule has 8 heteroatoms. The predicted molar refractivity (Wildman–Crippen MR) is 86.6 cm³/mol. The number of hydrogen-bond donors (Lipinski definition) is 3. The highest BCUT2D eigenvalue weighted by molar-refractivity contribution is 7.98. The molecule has 0 aliphatic heterocycles. The smallest absolute Gasteiger partial charge is 0.251 e. The first-order valence-electron chi connectivity index (χ1n) is 6.55. The van der Waals surface area contributed by atoms with Gasteiger partial charge in [0, 0.05) is 18.3 Å². The zero-order chi connectivity index (χ0) is 15.5. The molecule has 2 aromatic heterocycles. The SMILES string of the molecule is CNC(=O)c1ccc(Nc2ncnc3[nH]nc(SC)c23)cc1. The molecule has 0 saturated heterocycles. The van der Waals surface area contributed by atoms with Crippen molar-refractivity contribution in [3.8, 4) is 0 Å². The molecule has 22 heavy (non-hydrogen) atoms. The molecule has 112 valence electrons. The van der Waals surface area contributed by atoms with Crippen molar-refractivity contribution in [2.45, 2.75) is 5.03 Å². The number of benzene rings is 1. The fourth-order valence-corrected chi connectivity index (χ4v) is 2.60. The summed E-state index contributed by atoms with van der Waals surface area (Å²) in [5, 5.41) is 14.6. The Labute approximate surface area is 130 Å². The second-order valence-corrected chi connectivity index (χ2v) is 5.26. The van der Waals surface area contributed by atoms with Gasteiger partial charge in [0.05, 0.1) is 5.39 Å². The van der Waals surface area contributed by atoms with E-state index in [1.165, 1.54) is 18.1 Å². The molecule has 0 saturated carbocycles. The number of nitrogens with one attached hydrogen (secondary N) is 3. The zero-order valence-corrected chi connectivity index (χ0v) is 12.9. The lowest BCUT2D eigenvalue weighted by Gasteiger charge is -2.07. The highest BCUT2D eigenvalue weighted by Gasteiger charge is 2.12. The maximum atomic E-state index is 11.5. The molecule has 3 N–H and O–H groups in total. The summed E-state index contributed by atoms with van der Waals surface area (Å²) >= 11 is 1.52. The minimum atomic E-state index is -0.115. The summed E-state index contributed by atoms with van der Waals surface area (Å²) in [4.78, 5) is 20.0. The monoisotopic (exact) mass is 314 g/mol. The Morgan fingerprint density at radius 3 is 2.68 bits per heavy atom. The summed E-state index contributed by atoms with van der Waals surface area (Å²) in [5.74, 6) is 0.561. The number of fused-ring (bicyclic) bond motifs is 1. The lowest BCUT2D eigenvalue weighted by Crippen LogP contribution is -2.17. The number of hydrogen-bond acceptors (Lipinski definition) is 6. The minimum absolute atomic E-state index is 0.115. The van der Waals surface area contributed by atoms with Gasteiger partial charge in [0.2, 0.25) is 0 Å². The fourth-order valence-electron chi connectivity index (χ4n) is 2.06. The Hall–Kier alpha value is -2.61. The molecule has 0 radical (unpaired) electrons. The number of H-pyrrole nitrogens is 1. The van der Waals surface area contributed by atoms with E-state index in [9.17, 15) is 4.79 Å². The molecule has 0 spiro atoms. The Morgan fingerprint density at radius 2 is 2.00 bits per heavy atom. The summed E-state index contributed by atoms with van der Waals surface area (Å²) in [7, 11) is 1.61. The third-order valence-corrected chi connectivity index (χ3v) is 3.84. The number of nitrogens with zero attached hydrogens (tertiary/aromatic N) is 3. The third-order valence-electron chi connectivity index (χ3n) is 3.15. The first-order chi connectivity index (χ1) is 10.7. The van der Waals surface area contributed by atoms with Gasteiger partial charge in [-0.1, -0.05) is 0 Å². The number of aromatic amines is 1. The topological polar surface area (TPSA) is 95.6 Å². The summed E-state index contributed by atoms with van der Waals surface area (Å²) in [5.41, 5.74) is 2.12.